The fraction of sp³-hybridized carbons (Fsp3) is 0.955. The van der Waals surface area contributed by atoms with Crippen molar-refractivity contribution in [1.29, 1.82) is 0 Å². The van der Waals surface area contributed by atoms with Crippen molar-refractivity contribution in [2.75, 3.05) is 52.9 Å². The number of esters is 1. The molecule has 0 heterocycles. The van der Waals surface area contributed by atoms with Crippen molar-refractivity contribution in [1.82, 2.24) is 0 Å². The molecule has 0 radical (unpaired) electrons. The first-order valence-corrected chi connectivity index (χ1v) is 14.1. The molecule has 0 rings (SSSR count). The smallest absolute Gasteiger partial charge is 0.305 e. The number of carbonyl (C=O) groups is 1. The van der Waals surface area contributed by atoms with E-state index < -0.39 is 8.32 Å². The van der Waals surface area contributed by atoms with Crippen LogP contribution in [0.3, 0.4) is 0 Å². The summed E-state index contributed by atoms with van der Waals surface area (Å²) in [6, 6.07) is 0. The zero-order valence-corrected chi connectivity index (χ0v) is 20.8. The zero-order chi connectivity index (χ0) is 22.0. The minimum atomic E-state index is -1.68. The highest BCUT2D eigenvalue weighted by atomic mass is 28.4. The van der Waals surface area contributed by atoms with Gasteiger partial charge in [0.05, 0.1) is 46.2 Å². The van der Waals surface area contributed by atoms with Gasteiger partial charge in [0.2, 0.25) is 0 Å². The number of hydrogen-bond acceptors (Lipinski definition) is 6. The summed E-state index contributed by atoms with van der Waals surface area (Å²) < 4.78 is 27.6. The molecule has 0 N–H and O–H groups in total. The quantitative estimate of drug-likeness (QED) is 0.163. The first-order valence-electron chi connectivity index (χ1n) is 11.2. The van der Waals surface area contributed by atoms with Crippen LogP contribution in [0.5, 0.6) is 0 Å². The lowest BCUT2D eigenvalue weighted by Crippen LogP contribution is -2.41. The summed E-state index contributed by atoms with van der Waals surface area (Å²) in [6.45, 7) is 17.4. The SMILES string of the molecule is CCCCCCCC(=O)OCCOCCOCCOCCO[Si](C)(C)C(C)(C)C. The van der Waals surface area contributed by atoms with E-state index in [-0.39, 0.29) is 11.0 Å². The molecule has 0 spiro atoms. The predicted octanol–water partition coefficient (Wildman–Crippen LogP) is 4.96. The molecule has 0 unspecified atom stereocenters. The van der Waals surface area contributed by atoms with Gasteiger partial charge in [0.1, 0.15) is 6.61 Å². The van der Waals surface area contributed by atoms with Gasteiger partial charge in [-0.15, -0.1) is 0 Å². The van der Waals surface area contributed by atoms with E-state index in [4.69, 9.17) is 23.4 Å². The van der Waals surface area contributed by atoms with E-state index in [2.05, 4.69) is 40.8 Å². The maximum Gasteiger partial charge on any atom is 0.305 e. The van der Waals surface area contributed by atoms with Gasteiger partial charge >= 0.3 is 5.97 Å². The topological polar surface area (TPSA) is 63.2 Å². The second-order valence-electron chi connectivity index (χ2n) is 8.83. The number of carbonyl (C=O) groups excluding carboxylic acids is 1. The zero-order valence-electron chi connectivity index (χ0n) is 19.8. The Kier molecular flexibility index (Phi) is 17.0. The summed E-state index contributed by atoms with van der Waals surface area (Å²) in [7, 11) is -1.68. The van der Waals surface area contributed by atoms with Crippen LogP contribution in [0.2, 0.25) is 18.1 Å². The summed E-state index contributed by atoms with van der Waals surface area (Å²) in [4.78, 5) is 11.5. The highest BCUT2D eigenvalue weighted by Crippen LogP contribution is 2.36. The van der Waals surface area contributed by atoms with Crippen LogP contribution in [0.4, 0.5) is 0 Å². The van der Waals surface area contributed by atoms with Crippen molar-refractivity contribution in [2.24, 2.45) is 0 Å². The van der Waals surface area contributed by atoms with Gasteiger partial charge in [-0.05, 0) is 24.6 Å². The molecule has 0 fully saturated rings. The first-order chi connectivity index (χ1) is 13.7. The lowest BCUT2D eigenvalue weighted by molar-refractivity contribution is -0.145. The van der Waals surface area contributed by atoms with Crippen LogP contribution < -0.4 is 0 Å². The van der Waals surface area contributed by atoms with E-state index in [9.17, 15) is 4.79 Å². The van der Waals surface area contributed by atoms with Crippen LogP contribution in [0, 0.1) is 0 Å². The molecule has 6 nitrogen and oxygen atoms in total. The Morgan fingerprint density at radius 3 is 1.72 bits per heavy atom. The highest BCUT2D eigenvalue weighted by Gasteiger charge is 2.36. The van der Waals surface area contributed by atoms with E-state index >= 15 is 0 Å². The van der Waals surface area contributed by atoms with E-state index in [0.717, 1.165) is 12.8 Å². The molecule has 0 aromatic carbocycles. The Morgan fingerprint density at radius 2 is 1.21 bits per heavy atom. The van der Waals surface area contributed by atoms with Gasteiger partial charge in [-0.2, -0.15) is 0 Å². The van der Waals surface area contributed by atoms with E-state index in [0.29, 0.717) is 59.3 Å². The molecule has 7 heteroatoms. The molecule has 0 amide bonds. The molecular weight excluding hydrogens is 388 g/mol. The molecule has 0 aliphatic heterocycles. The van der Waals surface area contributed by atoms with Gasteiger partial charge in [0.15, 0.2) is 8.32 Å². The van der Waals surface area contributed by atoms with Crippen LogP contribution in [-0.4, -0.2) is 67.1 Å². The normalized spacial score (nSPS) is 12.3. The standard InChI is InChI=1S/C22H46O6Si/c1-7-8-9-10-11-12-21(23)27-19-17-25-15-13-24-14-16-26-18-20-28-29(5,6)22(2,3)4/h7-20H2,1-6H3. The first kappa shape index (κ1) is 28.5. The monoisotopic (exact) mass is 434 g/mol. The Morgan fingerprint density at radius 1 is 0.724 bits per heavy atom. The van der Waals surface area contributed by atoms with Crippen molar-refractivity contribution in [3.8, 4) is 0 Å². The third-order valence-electron chi connectivity index (χ3n) is 5.22. The molecule has 0 saturated carbocycles. The Balaban J connectivity index is 3.31. The molecule has 29 heavy (non-hydrogen) atoms. The van der Waals surface area contributed by atoms with Crippen LogP contribution in [0.25, 0.3) is 0 Å². The summed E-state index contributed by atoms with van der Waals surface area (Å²) in [6.07, 6.45) is 6.17. The lowest BCUT2D eigenvalue weighted by Gasteiger charge is -2.36. The average molecular weight is 435 g/mol. The molecule has 0 aromatic rings. The molecule has 0 saturated heterocycles. The Hall–Kier alpha value is -0.473. The van der Waals surface area contributed by atoms with Crippen molar-refractivity contribution in [3.05, 3.63) is 0 Å². The van der Waals surface area contributed by atoms with E-state index in [1.807, 2.05) is 0 Å². The second kappa shape index (κ2) is 17.2. The van der Waals surface area contributed by atoms with Crippen LogP contribution in [0.1, 0.15) is 66.2 Å². The summed E-state index contributed by atoms with van der Waals surface area (Å²) in [5.41, 5.74) is 0. The molecule has 0 atom stereocenters. The minimum Gasteiger partial charge on any atom is -0.463 e. The number of ether oxygens (including phenoxy) is 4. The summed E-state index contributed by atoms with van der Waals surface area (Å²) >= 11 is 0. The third-order valence-corrected chi connectivity index (χ3v) is 9.75. The maximum atomic E-state index is 11.5. The Labute approximate surface area is 180 Å². The average Bonchev–Trinajstić information content (AvgIpc) is 2.64. The van der Waals surface area contributed by atoms with Crippen LogP contribution in [-0.2, 0) is 28.2 Å². The molecule has 174 valence electrons. The van der Waals surface area contributed by atoms with Gasteiger partial charge in [-0.1, -0.05) is 53.4 Å². The van der Waals surface area contributed by atoms with Gasteiger partial charge < -0.3 is 23.4 Å². The molecular formula is C22H46O6Si. The minimum absolute atomic E-state index is 0.129. The fourth-order valence-electron chi connectivity index (χ4n) is 2.27. The predicted molar refractivity (Wildman–Crippen MR) is 120 cm³/mol. The van der Waals surface area contributed by atoms with Crippen LogP contribution in [0.15, 0.2) is 0 Å². The highest BCUT2D eigenvalue weighted by molar-refractivity contribution is 6.74. The van der Waals surface area contributed by atoms with Gasteiger partial charge in [-0.25, -0.2) is 0 Å². The fourth-order valence-corrected chi connectivity index (χ4v) is 3.30. The van der Waals surface area contributed by atoms with Crippen molar-refractivity contribution >= 4 is 14.3 Å². The third kappa shape index (κ3) is 17.0. The maximum absolute atomic E-state index is 11.5. The second-order valence-corrected chi connectivity index (χ2v) is 13.6. The Bertz CT molecular complexity index is 395. The number of rotatable bonds is 19. The molecule has 0 aliphatic carbocycles. The van der Waals surface area contributed by atoms with E-state index in [1.165, 1.54) is 19.3 Å². The van der Waals surface area contributed by atoms with Gasteiger partial charge in [0, 0.05) is 6.42 Å². The number of hydrogen-bond donors (Lipinski definition) is 0. The number of unbranched alkanes of at least 4 members (excludes halogenated alkanes) is 4. The molecule has 0 bridgehead atoms. The van der Waals surface area contributed by atoms with E-state index in [1.54, 1.807) is 0 Å². The van der Waals surface area contributed by atoms with Crippen LogP contribution >= 0.6 is 0 Å². The summed E-state index contributed by atoms with van der Waals surface area (Å²) in [5, 5.41) is 0.225. The molecule has 0 aliphatic rings. The van der Waals surface area contributed by atoms with Gasteiger partial charge in [-0.3, -0.25) is 4.79 Å². The van der Waals surface area contributed by atoms with Crippen molar-refractivity contribution in [2.45, 2.75) is 84.4 Å². The lowest BCUT2D eigenvalue weighted by atomic mass is 10.1. The summed E-state index contributed by atoms with van der Waals surface area (Å²) in [5.74, 6) is -0.129. The molecule has 0 aromatic heterocycles. The van der Waals surface area contributed by atoms with Crippen molar-refractivity contribution in [3.63, 3.8) is 0 Å². The van der Waals surface area contributed by atoms with Gasteiger partial charge in [0.25, 0.3) is 0 Å². The van der Waals surface area contributed by atoms with Crippen molar-refractivity contribution < 1.29 is 28.2 Å². The largest absolute Gasteiger partial charge is 0.463 e.